The van der Waals surface area contributed by atoms with Crippen LogP contribution >= 0.6 is 0 Å². The normalized spacial score (nSPS) is 12.0. The molecule has 1 unspecified atom stereocenters. The molecule has 0 aliphatic rings. The lowest BCUT2D eigenvalue weighted by molar-refractivity contribution is -0.122. The highest BCUT2D eigenvalue weighted by atomic mass is 19.1. The minimum Gasteiger partial charge on any atom is -0.354 e. The molecule has 3 aromatic carbocycles. The Morgan fingerprint density at radius 1 is 0.857 bits per heavy atom. The molecule has 0 bridgehead atoms. The van der Waals surface area contributed by atoms with E-state index in [9.17, 15) is 9.18 Å². The summed E-state index contributed by atoms with van der Waals surface area (Å²) in [5, 5.41) is 6.40. The topological polar surface area (TPSA) is 41.1 Å². The van der Waals surface area contributed by atoms with E-state index in [1.807, 2.05) is 43.3 Å². The molecule has 0 saturated carbocycles. The molecule has 2 N–H and O–H groups in total. The van der Waals surface area contributed by atoms with Crippen molar-refractivity contribution in [2.45, 2.75) is 25.4 Å². The zero-order valence-electron chi connectivity index (χ0n) is 15.9. The number of carbonyl (C=O) groups is 1. The largest absolute Gasteiger partial charge is 0.354 e. The van der Waals surface area contributed by atoms with E-state index in [1.54, 1.807) is 12.1 Å². The summed E-state index contributed by atoms with van der Waals surface area (Å²) in [7, 11) is 0. The van der Waals surface area contributed by atoms with Crippen molar-refractivity contribution >= 4 is 5.91 Å². The van der Waals surface area contributed by atoms with Gasteiger partial charge in [-0.05, 0) is 42.2 Å². The predicted molar refractivity (Wildman–Crippen MR) is 110 cm³/mol. The third-order valence-corrected chi connectivity index (χ3v) is 4.70. The second-order valence-electron chi connectivity index (χ2n) is 6.81. The second kappa shape index (κ2) is 9.81. The molecule has 1 atom stereocenters. The van der Waals surface area contributed by atoms with Gasteiger partial charge in [0.2, 0.25) is 5.91 Å². The Hall–Kier alpha value is -2.98. The molecule has 0 fully saturated rings. The Labute approximate surface area is 165 Å². The van der Waals surface area contributed by atoms with Crippen molar-refractivity contribution in [1.29, 1.82) is 0 Å². The van der Waals surface area contributed by atoms with Gasteiger partial charge in [0, 0.05) is 6.54 Å². The van der Waals surface area contributed by atoms with Crippen LogP contribution in [0.3, 0.4) is 0 Å². The summed E-state index contributed by atoms with van der Waals surface area (Å²) in [6.45, 7) is 2.38. The van der Waals surface area contributed by atoms with E-state index in [0.29, 0.717) is 13.0 Å². The molecule has 3 aromatic rings. The van der Waals surface area contributed by atoms with Gasteiger partial charge in [0.25, 0.3) is 0 Å². The van der Waals surface area contributed by atoms with Crippen LogP contribution in [0, 0.1) is 5.82 Å². The Bertz CT molecular complexity index is 827. The first-order valence-electron chi connectivity index (χ1n) is 9.51. The minimum absolute atomic E-state index is 0.0565. The van der Waals surface area contributed by atoms with Gasteiger partial charge in [-0.3, -0.25) is 10.1 Å². The SMILES string of the molecule is CC(NC(c1ccccc1)c1ccccc1)C(=O)NCCc1ccc(F)cc1. The number of rotatable bonds is 8. The monoisotopic (exact) mass is 376 g/mol. The van der Waals surface area contributed by atoms with Crippen LogP contribution in [-0.2, 0) is 11.2 Å². The van der Waals surface area contributed by atoms with Crippen molar-refractivity contribution in [3.63, 3.8) is 0 Å². The van der Waals surface area contributed by atoms with Crippen LogP contribution in [0.4, 0.5) is 4.39 Å². The van der Waals surface area contributed by atoms with Crippen LogP contribution in [0.1, 0.15) is 29.7 Å². The van der Waals surface area contributed by atoms with Crippen molar-refractivity contribution in [1.82, 2.24) is 10.6 Å². The van der Waals surface area contributed by atoms with E-state index in [2.05, 4.69) is 34.9 Å². The van der Waals surface area contributed by atoms with E-state index < -0.39 is 0 Å². The lowest BCUT2D eigenvalue weighted by atomic mass is 9.98. The van der Waals surface area contributed by atoms with Crippen LogP contribution in [0.15, 0.2) is 84.9 Å². The average molecular weight is 376 g/mol. The number of amides is 1. The standard InChI is InChI=1S/C24H25FN2O/c1-18(24(28)26-17-16-19-12-14-22(25)15-13-19)27-23(20-8-4-2-5-9-20)21-10-6-3-7-11-21/h2-15,18,23,27H,16-17H2,1H3,(H,26,28). The van der Waals surface area contributed by atoms with Gasteiger partial charge in [0.1, 0.15) is 5.82 Å². The summed E-state index contributed by atoms with van der Waals surface area (Å²) < 4.78 is 13.0. The Morgan fingerprint density at radius 2 is 1.39 bits per heavy atom. The highest BCUT2D eigenvalue weighted by Gasteiger charge is 2.20. The Kier molecular flexibility index (Phi) is 6.93. The van der Waals surface area contributed by atoms with Crippen molar-refractivity contribution in [3.05, 3.63) is 107 Å². The van der Waals surface area contributed by atoms with Crippen LogP contribution in [-0.4, -0.2) is 18.5 Å². The molecular formula is C24H25FN2O. The van der Waals surface area contributed by atoms with Crippen LogP contribution in [0.2, 0.25) is 0 Å². The van der Waals surface area contributed by atoms with Crippen molar-refractivity contribution < 1.29 is 9.18 Å². The molecule has 0 heterocycles. The first-order valence-corrected chi connectivity index (χ1v) is 9.51. The third-order valence-electron chi connectivity index (χ3n) is 4.70. The average Bonchev–Trinajstić information content (AvgIpc) is 2.74. The first-order chi connectivity index (χ1) is 13.6. The van der Waals surface area contributed by atoms with Crippen molar-refractivity contribution in [3.8, 4) is 0 Å². The Balaban J connectivity index is 1.60. The van der Waals surface area contributed by atoms with Gasteiger partial charge in [-0.15, -0.1) is 0 Å². The maximum atomic E-state index is 13.0. The molecule has 0 saturated heterocycles. The molecule has 0 aliphatic heterocycles. The molecular weight excluding hydrogens is 351 g/mol. The van der Waals surface area contributed by atoms with Gasteiger partial charge < -0.3 is 5.32 Å². The number of carbonyl (C=O) groups excluding carboxylic acids is 1. The van der Waals surface area contributed by atoms with E-state index in [-0.39, 0.29) is 23.8 Å². The molecule has 4 heteroatoms. The molecule has 3 nitrogen and oxygen atoms in total. The fourth-order valence-electron chi connectivity index (χ4n) is 3.14. The van der Waals surface area contributed by atoms with E-state index in [1.165, 1.54) is 12.1 Å². The minimum atomic E-state index is -0.362. The van der Waals surface area contributed by atoms with Gasteiger partial charge in [-0.2, -0.15) is 0 Å². The third kappa shape index (κ3) is 5.51. The number of nitrogens with one attached hydrogen (secondary N) is 2. The van der Waals surface area contributed by atoms with Crippen LogP contribution < -0.4 is 10.6 Å². The van der Waals surface area contributed by atoms with Gasteiger partial charge in [-0.25, -0.2) is 4.39 Å². The zero-order chi connectivity index (χ0) is 19.8. The first kappa shape index (κ1) is 19.8. The molecule has 0 aliphatic carbocycles. The highest BCUT2D eigenvalue weighted by Crippen LogP contribution is 2.22. The molecule has 0 spiro atoms. The van der Waals surface area contributed by atoms with E-state index in [4.69, 9.17) is 0 Å². The predicted octanol–water partition coefficient (Wildman–Crippen LogP) is 4.25. The van der Waals surface area contributed by atoms with E-state index in [0.717, 1.165) is 16.7 Å². The smallest absolute Gasteiger partial charge is 0.236 e. The number of benzene rings is 3. The number of hydrogen-bond donors (Lipinski definition) is 2. The van der Waals surface area contributed by atoms with Crippen molar-refractivity contribution in [2.75, 3.05) is 6.54 Å². The number of halogens is 1. The zero-order valence-corrected chi connectivity index (χ0v) is 15.9. The highest BCUT2D eigenvalue weighted by molar-refractivity contribution is 5.81. The summed E-state index contributed by atoms with van der Waals surface area (Å²) in [6, 6.07) is 26.1. The molecule has 144 valence electrons. The second-order valence-corrected chi connectivity index (χ2v) is 6.81. The maximum Gasteiger partial charge on any atom is 0.236 e. The summed E-state index contributed by atoms with van der Waals surface area (Å²) in [4.78, 5) is 12.6. The van der Waals surface area contributed by atoms with Gasteiger partial charge in [0.15, 0.2) is 0 Å². The van der Waals surface area contributed by atoms with Gasteiger partial charge >= 0.3 is 0 Å². The van der Waals surface area contributed by atoms with Crippen LogP contribution in [0.25, 0.3) is 0 Å². The molecule has 28 heavy (non-hydrogen) atoms. The maximum absolute atomic E-state index is 13.0. The van der Waals surface area contributed by atoms with Crippen molar-refractivity contribution in [2.24, 2.45) is 0 Å². The lowest BCUT2D eigenvalue weighted by Crippen LogP contribution is -2.44. The molecule has 1 amide bonds. The van der Waals surface area contributed by atoms with Gasteiger partial charge in [-0.1, -0.05) is 72.8 Å². The number of hydrogen-bond acceptors (Lipinski definition) is 2. The Morgan fingerprint density at radius 3 is 1.93 bits per heavy atom. The molecule has 0 aromatic heterocycles. The van der Waals surface area contributed by atoms with E-state index >= 15 is 0 Å². The molecule has 3 rings (SSSR count). The van der Waals surface area contributed by atoms with Crippen LogP contribution in [0.5, 0.6) is 0 Å². The van der Waals surface area contributed by atoms with Gasteiger partial charge in [0.05, 0.1) is 12.1 Å². The summed E-state index contributed by atoms with van der Waals surface area (Å²) in [5.41, 5.74) is 3.22. The quantitative estimate of drug-likeness (QED) is 0.617. The summed E-state index contributed by atoms with van der Waals surface area (Å²) in [6.07, 6.45) is 0.666. The molecule has 0 radical (unpaired) electrons. The fraction of sp³-hybridized carbons (Fsp3) is 0.208. The summed E-state index contributed by atoms with van der Waals surface area (Å²) in [5.74, 6) is -0.308. The fourth-order valence-corrected chi connectivity index (χ4v) is 3.14. The summed E-state index contributed by atoms with van der Waals surface area (Å²) >= 11 is 0. The lowest BCUT2D eigenvalue weighted by Gasteiger charge is -2.24.